The molecule has 1 saturated carbocycles. The number of rotatable bonds is 2. The first-order valence-electron chi connectivity index (χ1n) is 7.91. The second-order valence-electron chi connectivity index (χ2n) is 6.69. The number of benzene rings is 1. The van der Waals surface area contributed by atoms with E-state index in [1.54, 1.807) is 4.90 Å². The average Bonchev–Trinajstić information content (AvgIpc) is 2.90. The first-order valence-corrected chi connectivity index (χ1v) is 7.91. The molecule has 0 radical (unpaired) electrons. The molecule has 0 atom stereocenters. The van der Waals surface area contributed by atoms with Crippen LogP contribution in [-0.4, -0.2) is 18.0 Å². The third-order valence-electron chi connectivity index (χ3n) is 5.19. The lowest BCUT2D eigenvalue weighted by atomic mass is 9.73. The molecule has 0 unspecified atom stereocenters. The molecule has 4 nitrogen and oxygen atoms in total. The highest BCUT2D eigenvalue weighted by Crippen LogP contribution is 2.47. The Hall–Kier alpha value is -1.79. The van der Waals surface area contributed by atoms with Crippen LogP contribution in [0.4, 0.5) is 24.5 Å². The maximum atomic E-state index is 13.3. The van der Waals surface area contributed by atoms with E-state index in [2.05, 4.69) is 0 Å². The van der Waals surface area contributed by atoms with E-state index in [1.807, 2.05) is 0 Å². The Morgan fingerprint density at radius 3 is 2.43 bits per heavy atom. The minimum Gasteiger partial charge on any atom is -0.370 e. The van der Waals surface area contributed by atoms with Crippen LogP contribution in [0.1, 0.15) is 44.1 Å². The maximum Gasteiger partial charge on any atom is 0.418 e. The molecule has 1 aromatic carbocycles. The summed E-state index contributed by atoms with van der Waals surface area (Å²) in [5.74, 6) is 0. The number of nitrogens with zero attached hydrogens (tertiary/aromatic N) is 2. The Labute approximate surface area is 132 Å². The third-order valence-corrected chi connectivity index (χ3v) is 5.19. The summed E-state index contributed by atoms with van der Waals surface area (Å²) < 4.78 is 40.0. The monoisotopic (exact) mass is 328 g/mol. The fraction of sp³-hybridized carbons (Fsp3) is 0.625. The number of alkyl halides is 3. The van der Waals surface area contributed by atoms with E-state index in [-0.39, 0.29) is 11.1 Å². The van der Waals surface area contributed by atoms with E-state index >= 15 is 0 Å². The second-order valence-corrected chi connectivity index (χ2v) is 6.69. The smallest absolute Gasteiger partial charge is 0.370 e. The average molecular weight is 328 g/mol. The van der Waals surface area contributed by atoms with Gasteiger partial charge in [-0.25, -0.2) is 0 Å². The molecule has 3 rings (SSSR count). The van der Waals surface area contributed by atoms with E-state index in [9.17, 15) is 23.3 Å². The minimum atomic E-state index is -4.59. The van der Waals surface area contributed by atoms with Gasteiger partial charge < -0.3 is 4.90 Å². The Bertz CT molecular complexity index is 610. The second kappa shape index (κ2) is 5.69. The van der Waals surface area contributed by atoms with Crippen LogP contribution < -0.4 is 4.90 Å². The van der Waals surface area contributed by atoms with Gasteiger partial charge in [-0.3, -0.25) is 10.1 Å². The fourth-order valence-corrected chi connectivity index (χ4v) is 3.99. The van der Waals surface area contributed by atoms with Gasteiger partial charge in [-0.1, -0.05) is 19.3 Å². The van der Waals surface area contributed by atoms with Crippen molar-refractivity contribution in [3.8, 4) is 0 Å². The lowest BCUT2D eigenvalue weighted by Crippen LogP contribution is -2.30. The summed E-state index contributed by atoms with van der Waals surface area (Å²) in [6.07, 6.45) is 1.92. The maximum absolute atomic E-state index is 13.3. The molecular formula is C16H19F3N2O2. The van der Waals surface area contributed by atoms with Crippen LogP contribution in [-0.2, 0) is 6.18 Å². The van der Waals surface area contributed by atoms with Crippen molar-refractivity contribution in [1.29, 1.82) is 0 Å². The van der Waals surface area contributed by atoms with Crippen molar-refractivity contribution in [2.75, 3.05) is 18.0 Å². The first kappa shape index (κ1) is 16.1. The molecule has 0 aromatic heterocycles. The van der Waals surface area contributed by atoms with Crippen molar-refractivity contribution < 1.29 is 18.1 Å². The Balaban J connectivity index is 1.92. The molecule has 2 fully saturated rings. The van der Waals surface area contributed by atoms with E-state index in [0.29, 0.717) is 19.2 Å². The van der Waals surface area contributed by atoms with E-state index in [1.165, 1.54) is 12.5 Å². The predicted octanol–water partition coefficient (Wildman–Crippen LogP) is 4.77. The molecule has 2 aliphatic rings. The summed E-state index contributed by atoms with van der Waals surface area (Å²) in [5, 5.41) is 10.8. The van der Waals surface area contributed by atoms with E-state index < -0.39 is 22.4 Å². The zero-order valence-electron chi connectivity index (χ0n) is 12.7. The quantitative estimate of drug-likeness (QED) is 0.580. The molecule has 0 amide bonds. The lowest BCUT2D eigenvalue weighted by Gasteiger charge is -2.34. The number of non-ortho nitro benzene ring substituents is 1. The van der Waals surface area contributed by atoms with E-state index in [0.717, 1.165) is 38.2 Å². The number of hydrogen-bond acceptors (Lipinski definition) is 3. The summed E-state index contributed by atoms with van der Waals surface area (Å²) in [7, 11) is 0. The fourth-order valence-electron chi connectivity index (χ4n) is 3.99. The molecule has 1 saturated heterocycles. The number of nitro groups is 1. The summed E-state index contributed by atoms with van der Waals surface area (Å²) in [6.45, 7) is 1.20. The third kappa shape index (κ3) is 3.14. The van der Waals surface area contributed by atoms with Gasteiger partial charge >= 0.3 is 6.18 Å². The Kier molecular flexibility index (Phi) is 3.98. The summed E-state index contributed by atoms with van der Waals surface area (Å²) in [6, 6.07) is 3.07. The molecule has 0 bridgehead atoms. The van der Waals surface area contributed by atoms with Crippen molar-refractivity contribution in [1.82, 2.24) is 0 Å². The van der Waals surface area contributed by atoms with Gasteiger partial charge in [0.2, 0.25) is 0 Å². The SMILES string of the molecule is O=[N+]([O-])c1ccc(N2CCC3(CCCCC3)C2)c(C(F)(F)F)c1. The highest BCUT2D eigenvalue weighted by atomic mass is 19.4. The highest BCUT2D eigenvalue weighted by Gasteiger charge is 2.42. The van der Waals surface area contributed by atoms with Gasteiger partial charge in [-0.2, -0.15) is 13.2 Å². The number of nitro benzene ring substituents is 1. The normalized spacial score (nSPS) is 20.9. The van der Waals surface area contributed by atoms with Gasteiger partial charge in [0, 0.05) is 30.9 Å². The molecule has 0 N–H and O–H groups in total. The van der Waals surface area contributed by atoms with Crippen LogP contribution in [0, 0.1) is 15.5 Å². The molecule has 126 valence electrons. The molecule has 1 aromatic rings. The number of anilines is 1. The standard InChI is InChI=1S/C16H19F3N2O2/c17-16(18,19)13-10-12(21(22)23)4-5-14(13)20-9-8-15(11-20)6-2-1-3-7-15/h4-5,10H,1-3,6-9,11H2. The van der Waals surface area contributed by atoms with Crippen LogP contribution in [0.2, 0.25) is 0 Å². The van der Waals surface area contributed by atoms with Crippen molar-refractivity contribution in [3.05, 3.63) is 33.9 Å². The van der Waals surface area contributed by atoms with Gasteiger partial charge in [0.25, 0.3) is 5.69 Å². The number of halogens is 3. The summed E-state index contributed by atoms with van der Waals surface area (Å²) in [5.41, 5.74) is -1.22. The zero-order valence-corrected chi connectivity index (χ0v) is 12.7. The van der Waals surface area contributed by atoms with Gasteiger partial charge in [-0.05, 0) is 30.7 Å². The summed E-state index contributed by atoms with van der Waals surface area (Å²) >= 11 is 0. The molecule has 1 aliphatic carbocycles. The van der Waals surface area contributed by atoms with Crippen molar-refractivity contribution in [2.24, 2.45) is 5.41 Å². The first-order chi connectivity index (χ1) is 10.8. The molecule has 1 spiro atoms. The Morgan fingerprint density at radius 1 is 1.13 bits per heavy atom. The largest absolute Gasteiger partial charge is 0.418 e. The van der Waals surface area contributed by atoms with Crippen LogP contribution >= 0.6 is 0 Å². The van der Waals surface area contributed by atoms with Gasteiger partial charge in [-0.15, -0.1) is 0 Å². The zero-order chi connectivity index (χ0) is 16.7. The molecule has 1 heterocycles. The van der Waals surface area contributed by atoms with Crippen LogP contribution in [0.3, 0.4) is 0 Å². The molecule has 23 heavy (non-hydrogen) atoms. The predicted molar refractivity (Wildman–Crippen MR) is 80.4 cm³/mol. The topological polar surface area (TPSA) is 46.4 Å². The van der Waals surface area contributed by atoms with Crippen LogP contribution in [0.5, 0.6) is 0 Å². The van der Waals surface area contributed by atoms with Crippen molar-refractivity contribution in [3.63, 3.8) is 0 Å². The summed E-state index contributed by atoms with van der Waals surface area (Å²) in [4.78, 5) is 11.8. The minimum absolute atomic E-state index is 0.0746. The molecule has 7 heteroatoms. The highest BCUT2D eigenvalue weighted by molar-refractivity contribution is 5.60. The van der Waals surface area contributed by atoms with Gasteiger partial charge in [0.1, 0.15) is 0 Å². The van der Waals surface area contributed by atoms with Crippen LogP contribution in [0.15, 0.2) is 18.2 Å². The van der Waals surface area contributed by atoms with E-state index in [4.69, 9.17) is 0 Å². The van der Waals surface area contributed by atoms with Gasteiger partial charge in [0.05, 0.1) is 10.5 Å². The molecule has 1 aliphatic heterocycles. The Morgan fingerprint density at radius 2 is 1.83 bits per heavy atom. The van der Waals surface area contributed by atoms with Crippen molar-refractivity contribution in [2.45, 2.75) is 44.7 Å². The lowest BCUT2D eigenvalue weighted by molar-refractivity contribution is -0.385. The van der Waals surface area contributed by atoms with Crippen molar-refractivity contribution >= 4 is 11.4 Å². The van der Waals surface area contributed by atoms with Gasteiger partial charge in [0.15, 0.2) is 0 Å². The molecular weight excluding hydrogens is 309 g/mol. The number of hydrogen-bond donors (Lipinski definition) is 0. The van der Waals surface area contributed by atoms with Crippen LogP contribution in [0.25, 0.3) is 0 Å².